The molecule has 3 rings (SSSR count). The average Bonchev–Trinajstić information content (AvgIpc) is 2.85. The maximum absolute atomic E-state index is 5.30. The Hall–Kier alpha value is -2.10. The Morgan fingerprint density at radius 3 is 2.93 bits per heavy atom. The Labute approximate surface area is 86.2 Å². The summed E-state index contributed by atoms with van der Waals surface area (Å²) in [6.45, 7) is 2.01. The number of hydrogen-bond donors (Lipinski definition) is 0. The maximum atomic E-state index is 5.30. The van der Waals surface area contributed by atoms with Crippen molar-refractivity contribution in [2.24, 2.45) is 0 Å². The van der Waals surface area contributed by atoms with E-state index in [-0.39, 0.29) is 0 Å². The predicted molar refractivity (Wildman–Crippen MR) is 55.4 cm³/mol. The minimum absolute atomic E-state index is 0.730. The lowest BCUT2D eigenvalue weighted by Gasteiger charge is -1.97. The molecule has 0 aliphatic rings. The molecular weight excluding hydrogens is 190 g/mol. The summed E-state index contributed by atoms with van der Waals surface area (Å²) in [7, 11) is 0. The van der Waals surface area contributed by atoms with Gasteiger partial charge in [-0.1, -0.05) is 6.07 Å². The summed E-state index contributed by atoms with van der Waals surface area (Å²) >= 11 is 0. The molecule has 4 nitrogen and oxygen atoms in total. The molecule has 0 saturated carbocycles. The van der Waals surface area contributed by atoms with E-state index in [1.807, 2.05) is 41.8 Å². The van der Waals surface area contributed by atoms with Gasteiger partial charge in [-0.25, -0.2) is 0 Å². The average molecular weight is 199 g/mol. The van der Waals surface area contributed by atoms with Crippen molar-refractivity contribution in [1.82, 2.24) is 14.6 Å². The zero-order valence-corrected chi connectivity index (χ0v) is 8.21. The number of rotatable bonds is 1. The monoisotopic (exact) mass is 199 g/mol. The second-order valence-electron chi connectivity index (χ2n) is 3.39. The van der Waals surface area contributed by atoms with Gasteiger partial charge in [0.25, 0.3) is 0 Å². The van der Waals surface area contributed by atoms with Gasteiger partial charge in [0, 0.05) is 6.20 Å². The third-order valence-electron chi connectivity index (χ3n) is 2.37. The minimum Gasteiger partial charge on any atom is -0.461 e. The molecule has 0 spiro atoms. The molecule has 3 aromatic heterocycles. The van der Waals surface area contributed by atoms with E-state index in [1.165, 1.54) is 0 Å². The SMILES string of the molecule is Cc1cccn2c(-c3ccco3)nnc12. The largest absolute Gasteiger partial charge is 0.461 e. The lowest BCUT2D eigenvalue weighted by molar-refractivity contribution is 0.576. The fraction of sp³-hybridized carbons (Fsp3) is 0.0909. The van der Waals surface area contributed by atoms with E-state index < -0.39 is 0 Å². The fourth-order valence-corrected chi connectivity index (χ4v) is 1.62. The van der Waals surface area contributed by atoms with Gasteiger partial charge in [-0.3, -0.25) is 4.40 Å². The van der Waals surface area contributed by atoms with Crippen molar-refractivity contribution in [3.8, 4) is 11.6 Å². The van der Waals surface area contributed by atoms with E-state index in [9.17, 15) is 0 Å². The molecule has 3 aromatic rings. The highest BCUT2D eigenvalue weighted by Crippen LogP contribution is 2.19. The lowest BCUT2D eigenvalue weighted by atomic mass is 10.3. The van der Waals surface area contributed by atoms with Crippen LogP contribution in [0, 0.1) is 6.92 Å². The normalized spacial score (nSPS) is 11.0. The van der Waals surface area contributed by atoms with Crippen LogP contribution in [-0.2, 0) is 0 Å². The van der Waals surface area contributed by atoms with Gasteiger partial charge in [-0.05, 0) is 30.7 Å². The molecule has 4 heteroatoms. The standard InChI is InChI=1S/C11H9N3O/c1-8-4-2-6-14-10(8)12-13-11(14)9-5-3-7-15-9/h2-7H,1H3. The summed E-state index contributed by atoms with van der Waals surface area (Å²) in [6.07, 6.45) is 3.56. The topological polar surface area (TPSA) is 43.3 Å². The number of hydrogen-bond acceptors (Lipinski definition) is 3. The molecule has 3 heterocycles. The molecule has 0 unspecified atom stereocenters. The van der Waals surface area contributed by atoms with Crippen molar-refractivity contribution in [2.45, 2.75) is 6.92 Å². The molecule has 0 amide bonds. The van der Waals surface area contributed by atoms with E-state index in [0.717, 1.165) is 22.8 Å². The van der Waals surface area contributed by atoms with Gasteiger partial charge in [-0.2, -0.15) is 0 Å². The molecule has 0 aromatic carbocycles. The zero-order valence-electron chi connectivity index (χ0n) is 8.21. The number of aryl methyl sites for hydroxylation is 1. The first-order valence-corrected chi connectivity index (χ1v) is 4.70. The molecule has 0 bridgehead atoms. The van der Waals surface area contributed by atoms with Crippen LogP contribution in [0.1, 0.15) is 5.56 Å². The highest BCUT2D eigenvalue weighted by atomic mass is 16.3. The first-order chi connectivity index (χ1) is 7.36. The summed E-state index contributed by atoms with van der Waals surface area (Å²) in [5.41, 5.74) is 1.96. The van der Waals surface area contributed by atoms with Crippen LogP contribution in [0.2, 0.25) is 0 Å². The smallest absolute Gasteiger partial charge is 0.204 e. The van der Waals surface area contributed by atoms with Crippen molar-refractivity contribution in [1.29, 1.82) is 0 Å². The van der Waals surface area contributed by atoms with Crippen molar-refractivity contribution < 1.29 is 4.42 Å². The summed E-state index contributed by atoms with van der Waals surface area (Å²) in [5, 5.41) is 8.24. The van der Waals surface area contributed by atoms with Crippen LogP contribution >= 0.6 is 0 Å². The van der Waals surface area contributed by atoms with Crippen molar-refractivity contribution in [3.05, 3.63) is 42.3 Å². The Morgan fingerprint density at radius 1 is 1.20 bits per heavy atom. The molecule has 0 atom stereocenters. The Kier molecular flexibility index (Phi) is 1.62. The molecule has 74 valence electrons. The van der Waals surface area contributed by atoms with Gasteiger partial charge in [-0.15, -0.1) is 10.2 Å². The molecule has 0 aliphatic heterocycles. The van der Waals surface area contributed by atoms with Crippen LogP contribution in [-0.4, -0.2) is 14.6 Å². The van der Waals surface area contributed by atoms with Crippen LogP contribution < -0.4 is 0 Å². The quantitative estimate of drug-likeness (QED) is 0.604. The van der Waals surface area contributed by atoms with Gasteiger partial charge < -0.3 is 4.42 Å². The second-order valence-corrected chi connectivity index (χ2v) is 3.39. The Balaban J connectivity index is 2.34. The van der Waals surface area contributed by atoms with Gasteiger partial charge in [0.1, 0.15) is 0 Å². The first-order valence-electron chi connectivity index (χ1n) is 4.70. The van der Waals surface area contributed by atoms with Gasteiger partial charge in [0.15, 0.2) is 11.4 Å². The molecule has 0 N–H and O–H groups in total. The highest BCUT2D eigenvalue weighted by Gasteiger charge is 2.10. The predicted octanol–water partition coefficient (Wildman–Crippen LogP) is 2.30. The van der Waals surface area contributed by atoms with Crippen molar-refractivity contribution in [3.63, 3.8) is 0 Å². The van der Waals surface area contributed by atoms with Gasteiger partial charge in [0.2, 0.25) is 5.82 Å². The van der Waals surface area contributed by atoms with Crippen molar-refractivity contribution >= 4 is 5.65 Å². The lowest BCUT2D eigenvalue weighted by Crippen LogP contribution is -1.88. The summed E-state index contributed by atoms with van der Waals surface area (Å²) in [4.78, 5) is 0. The van der Waals surface area contributed by atoms with Crippen molar-refractivity contribution in [2.75, 3.05) is 0 Å². The molecule has 0 fully saturated rings. The summed E-state index contributed by atoms with van der Waals surface area (Å²) in [6, 6.07) is 7.69. The molecule has 0 aliphatic carbocycles. The number of pyridine rings is 1. The van der Waals surface area contributed by atoms with Crippen LogP contribution in [0.3, 0.4) is 0 Å². The molecular formula is C11H9N3O. The van der Waals surface area contributed by atoms with Gasteiger partial charge >= 0.3 is 0 Å². The van der Waals surface area contributed by atoms with E-state index in [0.29, 0.717) is 0 Å². The highest BCUT2D eigenvalue weighted by molar-refractivity contribution is 5.56. The number of nitrogens with zero attached hydrogens (tertiary/aromatic N) is 3. The Morgan fingerprint density at radius 2 is 2.13 bits per heavy atom. The first kappa shape index (κ1) is 8.23. The third-order valence-corrected chi connectivity index (χ3v) is 2.37. The summed E-state index contributed by atoms with van der Waals surface area (Å²) < 4.78 is 7.23. The molecule has 0 saturated heterocycles. The van der Waals surface area contributed by atoms with E-state index >= 15 is 0 Å². The van der Waals surface area contributed by atoms with Crippen LogP contribution in [0.15, 0.2) is 41.1 Å². The Bertz CT molecular complexity index is 595. The van der Waals surface area contributed by atoms with Crippen LogP contribution in [0.5, 0.6) is 0 Å². The van der Waals surface area contributed by atoms with Crippen LogP contribution in [0.25, 0.3) is 17.2 Å². The van der Waals surface area contributed by atoms with Crippen LogP contribution in [0.4, 0.5) is 0 Å². The number of fused-ring (bicyclic) bond motifs is 1. The maximum Gasteiger partial charge on any atom is 0.204 e. The number of aromatic nitrogens is 3. The minimum atomic E-state index is 0.730. The number of furan rings is 1. The molecule has 15 heavy (non-hydrogen) atoms. The van der Waals surface area contributed by atoms with E-state index in [4.69, 9.17) is 4.42 Å². The fourth-order valence-electron chi connectivity index (χ4n) is 1.62. The third kappa shape index (κ3) is 1.15. The van der Waals surface area contributed by atoms with Gasteiger partial charge in [0.05, 0.1) is 6.26 Å². The molecule has 0 radical (unpaired) electrons. The second kappa shape index (κ2) is 2.95. The summed E-state index contributed by atoms with van der Waals surface area (Å²) in [5.74, 6) is 1.46. The van der Waals surface area contributed by atoms with E-state index in [1.54, 1.807) is 6.26 Å². The van der Waals surface area contributed by atoms with E-state index in [2.05, 4.69) is 10.2 Å². The zero-order chi connectivity index (χ0) is 10.3.